The molecule has 0 radical (unpaired) electrons. The molecule has 0 spiro atoms. The summed E-state index contributed by atoms with van der Waals surface area (Å²) in [4.78, 5) is 8.70. The zero-order valence-corrected chi connectivity index (χ0v) is 14.3. The van der Waals surface area contributed by atoms with Crippen molar-refractivity contribution < 1.29 is 4.74 Å². The summed E-state index contributed by atoms with van der Waals surface area (Å²) < 4.78 is 6.08. The summed E-state index contributed by atoms with van der Waals surface area (Å²) in [7, 11) is 0. The number of hydrogen-bond acceptors (Lipinski definition) is 4. The second-order valence-electron chi connectivity index (χ2n) is 5.90. The highest BCUT2D eigenvalue weighted by Crippen LogP contribution is 2.30. The van der Waals surface area contributed by atoms with Gasteiger partial charge in [0, 0.05) is 6.54 Å². The average Bonchev–Trinajstić information content (AvgIpc) is 2.44. The molecule has 0 aromatic carbocycles. The van der Waals surface area contributed by atoms with Crippen LogP contribution in [0.2, 0.25) is 0 Å². The first-order valence-corrected chi connectivity index (χ1v) is 8.35. The molecule has 0 aliphatic carbocycles. The van der Waals surface area contributed by atoms with Crippen molar-refractivity contribution in [1.29, 1.82) is 0 Å². The molecule has 1 unspecified atom stereocenters. The van der Waals surface area contributed by atoms with E-state index in [0.717, 1.165) is 30.2 Å². The van der Waals surface area contributed by atoms with Crippen LogP contribution in [0.25, 0.3) is 0 Å². The molecule has 0 aliphatic rings. The number of unbranched alkanes of at least 4 members (excludes halogenated alkanes) is 3. The molecule has 1 N–H and O–H groups in total. The van der Waals surface area contributed by atoms with Crippen LogP contribution in [0.15, 0.2) is 6.33 Å². The molecule has 0 aliphatic heterocycles. The maximum atomic E-state index is 6.08. The average molecular weight is 293 g/mol. The number of aromatic nitrogens is 2. The third kappa shape index (κ3) is 5.90. The van der Waals surface area contributed by atoms with E-state index < -0.39 is 0 Å². The first kappa shape index (κ1) is 17.7. The van der Waals surface area contributed by atoms with E-state index in [2.05, 4.69) is 49.9 Å². The second kappa shape index (κ2) is 9.59. The normalized spacial score (nSPS) is 12.5. The van der Waals surface area contributed by atoms with Crippen LogP contribution in [-0.4, -0.2) is 22.6 Å². The molecule has 120 valence electrons. The summed E-state index contributed by atoms with van der Waals surface area (Å²) in [5, 5.41) is 3.30. The van der Waals surface area contributed by atoms with Gasteiger partial charge in [-0.3, -0.25) is 0 Å². The molecule has 1 aromatic heterocycles. The van der Waals surface area contributed by atoms with E-state index in [1.54, 1.807) is 6.33 Å². The zero-order chi connectivity index (χ0) is 15.7. The lowest BCUT2D eigenvalue weighted by Crippen LogP contribution is -2.16. The Morgan fingerprint density at radius 1 is 1.10 bits per heavy atom. The fraction of sp³-hybridized carbons (Fsp3) is 0.765. The molecule has 0 fully saturated rings. The number of anilines is 1. The van der Waals surface area contributed by atoms with E-state index in [4.69, 9.17) is 4.74 Å². The highest BCUT2D eigenvalue weighted by atomic mass is 16.5. The maximum Gasteiger partial charge on any atom is 0.222 e. The van der Waals surface area contributed by atoms with Crippen molar-refractivity contribution >= 4 is 5.82 Å². The van der Waals surface area contributed by atoms with Gasteiger partial charge in [0.1, 0.15) is 12.1 Å². The van der Waals surface area contributed by atoms with Crippen molar-refractivity contribution in [2.75, 3.05) is 11.9 Å². The lowest BCUT2D eigenvalue weighted by atomic mass is 10.1. The van der Waals surface area contributed by atoms with Gasteiger partial charge in [-0.1, -0.05) is 40.0 Å². The molecule has 1 heterocycles. The fourth-order valence-electron chi connectivity index (χ4n) is 2.41. The van der Waals surface area contributed by atoms with Gasteiger partial charge in [-0.15, -0.1) is 0 Å². The summed E-state index contributed by atoms with van der Waals surface area (Å²) in [6.07, 6.45) is 7.95. The first-order chi connectivity index (χ1) is 10.1. The third-order valence-electron chi connectivity index (χ3n) is 3.55. The topological polar surface area (TPSA) is 47.0 Å². The van der Waals surface area contributed by atoms with Crippen LogP contribution in [0.1, 0.15) is 78.2 Å². The van der Waals surface area contributed by atoms with Crippen LogP contribution in [0.4, 0.5) is 5.82 Å². The predicted octanol–water partition coefficient (Wildman–Crippen LogP) is 4.77. The Morgan fingerprint density at radius 2 is 1.86 bits per heavy atom. The molecular weight excluding hydrogens is 262 g/mol. The number of hydrogen-bond donors (Lipinski definition) is 1. The van der Waals surface area contributed by atoms with E-state index in [0.29, 0.717) is 5.92 Å². The van der Waals surface area contributed by atoms with E-state index >= 15 is 0 Å². The Labute approximate surface area is 129 Å². The van der Waals surface area contributed by atoms with Gasteiger partial charge >= 0.3 is 0 Å². The molecule has 0 bridgehead atoms. The van der Waals surface area contributed by atoms with E-state index in [-0.39, 0.29) is 6.10 Å². The molecule has 1 aromatic rings. The van der Waals surface area contributed by atoms with Crippen molar-refractivity contribution in [3.05, 3.63) is 11.9 Å². The van der Waals surface area contributed by atoms with Crippen LogP contribution in [0, 0.1) is 0 Å². The van der Waals surface area contributed by atoms with Crippen LogP contribution in [0.3, 0.4) is 0 Å². The standard InChI is InChI=1S/C17H31N3O/c1-6-8-9-10-11-14(5)21-17-15(13(3)4)16(18-7-2)19-12-20-17/h12-14H,6-11H2,1-5H3,(H,18,19,20). The Bertz CT molecular complexity index is 407. The number of nitrogens with one attached hydrogen (secondary N) is 1. The zero-order valence-electron chi connectivity index (χ0n) is 14.3. The van der Waals surface area contributed by atoms with E-state index in [1.165, 1.54) is 25.7 Å². The molecule has 4 heteroatoms. The third-order valence-corrected chi connectivity index (χ3v) is 3.55. The highest BCUT2D eigenvalue weighted by Gasteiger charge is 2.17. The van der Waals surface area contributed by atoms with Gasteiger partial charge in [0.25, 0.3) is 0 Å². The summed E-state index contributed by atoms with van der Waals surface area (Å²) in [6, 6.07) is 0. The van der Waals surface area contributed by atoms with Gasteiger partial charge in [0.15, 0.2) is 0 Å². The van der Waals surface area contributed by atoms with Gasteiger partial charge in [0.2, 0.25) is 5.88 Å². The summed E-state index contributed by atoms with van der Waals surface area (Å²) in [5.74, 6) is 1.97. The van der Waals surface area contributed by atoms with Crippen molar-refractivity contribution in [1.82, 2.24) is 9.97 Å². The van der Waals surface area contributed by atoms with Gasteiger partial charge in [-0.25, -0.2) is 9.97 Å². The van der Waals surface area contributed by atoms with Crippen molar-refractivity contribution in [2.24, 2.45) is 0 Å². The van der Waals surface area contributed by atoms with Gasteiger partial charge in [-0.2, -0.15) is 0 Å². The largest absolute Gasteiger partial charge is 0.474 e. The summed E-state index contributed by atoms with van der Waals surface area (Å²) >= 11 is 0. The highest BCUT2D eigenvalue weighted by molar-refractivity contribution is 5.50. The monoisotopic (exact) mass is 293 g/mol. The van der Waals surface area contributed by atoms with Crippen LogP contribution in [0.5, 0.6) is 5.88 Å². The van der Waals surface area contributed by atoms with Crippen molar-refractivity contribution in [2.45, 2.75) is 78.7 Å². The SMILES string of the molecule is CCCCCCC(C)Oc1ncnc(NCC)c1C(C)C. The molecule has 1 atom stereocenters. The Kier molecular flexibility index (Phi) is 8.09. The predicted molar refractivity (Wildman–Crippen MR) is 89.1 cm³/mol. The lowest BCUT2D eigenvalue weighted by Gasteiger charge is -2.20. The van der Waals surface area contributed by atoms with Crippen LogP contribution < -0.4 is 10.1 Å². The number of rotatable bonds is 10. The van der Waals surface area contributed by atoms with E-state index in [9.17, 15) is 0 Å². The second-order valence-corrected chi connectivity index (χ2v) is 5.90. The molecule has 0 saturated carbocycles. The Morgan fingerprint density at radius 3 is 2.48 bits per heavy atom. The Balaban J connectivity index is 2.70. The minimum absolute atomic E-state index is 0.198. The Hall–Kier alpha value is -1.32. The number of nitrogens with zero attached hydrogens (tertiary/aromatic N) is 2. The van der Waals surface area contributed by atoms with Crippen molar-refractivity contribution in [3.63, 3.8) is 0 Å². The van der Waals surface area contributed by atoms with Crippen LogP contribution >= 0.6 is 0 Å². The minimum atomic E-state index is 0.198. The quantitative estimate of drug-likeness (QED) is 0.631. The minimum Gasteiger partial charge on any atom is -0.474 e. The number of ether oxygens (including phenoxy) is 1. The summed E-state index contributed by atoms with van der Waals surface area (Å²) in [6.45, 7) is 11.6. The summed E-state index contributed by atoms with van der Waals surface area (Å²) in [5.41, 5.74) is 1.08. The van der Waals surface area contributed by atoms with Crippen LogP contribution in [-0.2, 0) is 0 Å². The smallest absolute Gasteiger partial charge is 0.222 e. The molecule has 4 nitrogen and oxygen atoms in total. The maximum absolute atomic E-state index is 6.08. The van der Waals surface area contributed by atoms with Gasteiger partial charge < -0.3 is 10.1 Å². The molecule has 21 heavy (non-hydrogen) atoms. The molecule has 0 amide bonds. The lowest BCUT2D eigenvalue weighted by molar-refractivity contribution is 0.195. The fourth-order valence-corrected chi connectivity index (χ4v) is 2.41. The van der Waals surface area contributed by atoms with E-state index in [1.807, 2.05) is 0 Å². The first-order valence-electron chi connectivity index (χ1n) is 8.35. The molecule has 0 saturated heterocycles. The van der Waals surface area contributed by atoms with Gasteiger partial charge in [-0.05, 0) is 32.6 Å². The van der Waals surface area contributed by atoms with Gasteiger partial charge in [0.05, 0.1) is 11.7 Å². The molecule has 1 rings (SSSR count). The molecular formula is C17H31N3O. The van der Waals surface area contributed by atoms with Crippen molar-refractivity contribution in [3.8, 4) is 5.88 Å².